The molecule has 0 aliphatic heterocycles. The van der Waals surface area contributed by atoms with Crippen molar-refractivity contribution in [2.45, 2.75) is 52.7 Å². The van der Waals surface area contributed by atoms with Crippen LogP contribution in [0.2, 0.25) is 0 Å². The molecule has 0 radical (unpaired) electrons. The monoisotopic (exact) mass is 310 g/mol. The van der Waals surface area contributed by atoms with Gasteiger partial charge < -0.3 is 19.7 Å². The summed E-state index contributed by atoms with van der Waals surface area (Å²) in [4.78, 5) is 23.8. The predicted molar refractivity (Wildman–Crippen MR) is 80.1 cm³/mol. The van der Waals surface area contributed by atoms with E-state index in [1.807, 2.05) is 13.8 Å². The van der Waals surface area contributed by atoms with Crippen LogP contribution in [0.15, 0.2) is 12.1 Å². The molecule has 0 heterocycles. The Morgan fingerprint density at radius 3 is 1.50 bits per heavy atom. The van der Waals surface area contributed by atoms with Gasteiger partial charge in [0.05, 0.1) is 12.2 Å². The topological polar surface area (TPSA) is 93.1 Å². The van der Waals surface area contributed by atoms with Crippen LogP contribution in [0.1, 0.15) is 61.3 Å². The van der Waals surface area contributed by atoms with E-state index in [4.69, 9.17) is 9.47 Å². The second-order valence-electron chi connectivity index (χ2n) is 5.13. The molecule has 2 unspecified atom stereocenters. The van der Waals surface area contributed by atoms with Crippen LogP contribution in [0.5, 0.6) is 11.5 Å². The lowest BCUT2D eigenvalue weighted by Crippen LogP contribution is -2.16. The van der Waals surface area contributed by atoms with Crippen LogP contribution in [0, 0.1) is 0 Å². The first-order valence-corrected chi connectivity index (χ1v) is 7.28. The Labute approximate surface area is 129 Å². The first-order chi connectivity index (χ1) is 10.3. The van der Waals surface area contributed by atoms with Gasteiger partial charge in [-0.25, -0.2) is 9.59 Å². The van der Waals surface area contributed by atoms with Gasteiger partial charge in [0.2, 0.25) is 0 Å². The standard InChI is InChI=1S/C16H22O6/c1-5-9(3)21-15(19)11-7-14(18)12(8-13(11)17)16(20)22-10(4)6-2/h7-10,17-18H,5-6H2,1-4H3. The summed E-state index contributed by atoms with van der Waals surface area (Å²) < 4.78 is 10.2. The Morgan fingerprint density at radius 2 is 1.23 bits per heavy atom. The van der Waals surface area contributed by atoms with Crippen molar-refractivity contribution in [2.75, 3.05) is 0 Å². The van der Waals surface area contributed by atoms with Crippen LogP contribution in [0.3, 0.4) is 0 Å². The molecule has 0 aromatic heterocycles. The van der Waals surface area contributed by atoms with Crippen molar-refractivity contribution in [2.24, 2.45) is 0 Å². The molecule has 6 heteroatoms. The van der Waals surface area contributed by atoms with Crippen molar-refractivity contribution in [3.8, 4) is 11.5 Å². The molecule has 22 heavy (non-hydrogen) atoms. The molecule has 0 fully saturated rings. The molecule has 2 N–H and O–H groups in total. The highest BCUT2D eigenvalue weighted by atomic mass is 16.5. The number of carbonyl (C=O) groups excluding carboxylic acids is 2. The molecule has 0 bridgehead atoms. The SMILES string of the molecule is CCC(C)OC(=O)c1cc(O)c(C(=O)OC(C)CC)cc1O. The second-order valence-corrected chi connectivity index (χ2v) is 5.13. The zero-order valence-electron chi connectivity index (χ0n) is 13.3. The lowest BCUT2D eigenvalue weighted by atomic mass is 10.1. The van der Waals surface area contributed by atoms with Crippen molar-refractivity contribution < 1.29 is 29.3 Å². The highest BCUT2D eigenvalue weighted by molar-refractivity contribution is 5.98. The Kier molecular flexibility index (Phi) is 6.22. The lowest BCUT2D eigenvalue weighted by Gasteiger charge is -2.14. The Morgan fingerprint density at radius 1 is 0.909 bits per heavy atom. The molecule has 0 saturated carbocycles. The molecule has 1 aromatic carbocycles. The fraction of sp³-hybridized carbons (Fsp3) is 0.500. The number of carbonyl (C=O) groups is 2. The van der Waals surface area contributed by atoms with Gasteiger partial charge in [-0.1, -0.05) is 13.8 Å². The molecule has 122 valence electrons. The van der Waals surface area contributed by atoms with E-state index in [1.165, 1.54) is 0 Å². The highest BCUT2D eigenvalue weighted by Gasteiger charge is 2.22. The Bertz CT molecular complexity index is 502. The van der Waals surface area contributed by atoms with Gasteiger partial charge in [0.25, 0.3) is 0 Å². The number of rotatable bonds is 6. The summed E-state index contributed by atoms with van der Waals surface area (Å²) in [5.41, 5.74) is -0.393. The van der Waals surface area contributed by atoms with E-state index in [2.05, 4.69) is 0 Å². The Balaban J connectivity index is 3.01. The number of hydrogen-bond acceptors (Lipinski definition) is 6. The van der Waals surface area contributed by atoms with E-state index in [-0.39, 0.29) is 23.3 Å². The summed E-state index contributed by atoms with van der Waals surface area (Å²) >= 11 is 0. The van der Waals surface area contributed by atoms with E-state index >= 15 is 0 Å². The van der Waals surface area contributed by atoms with Gasteiger partial charge in [-0.15, -0.1) is 0 Å². The summed E-state index contributed by atoms with van der Waals surface area (Å²) in [5, 5.41) is 19.8. The average Bonchev–Trinajstić information content (AvgIpc) is 2.48. The van der Waals surface area contributed by atoms with Crippen LogP contribution >= 0.6 is 0 Å². The quantitative estimate of drug-likeness (QED) is 0.619. The molecule has 0 aliphatic carbocycles. The summed E-state index contributed by atoms with van der Waals surface area (Å²) in [6.07, 6.45) is 0.614. The number of benzene rings is 1. The minimum Gasteiger partial charge on any atom is -0.507 e. The first kappa shape index (κ1) is 17.8. The van der Waals surface area contributed by atoms with Crippen molar-refractivity contribution in [3.05, 3.63) is 23.3 Å². The number of phenolic OH excluding ortho intramolecular Hbond substituents is 2. The molecule has 2 atom stereocenters. The van der Waals surface area contributed by atoms with E-state index in [9.17, 15) is 19.8 Å². The van der Waals surface area contributed by atoms with Crippen LogP contribution in [0.25, 0.3) is 0 Å². The van der Waals surface area contributed by atoms with Gasteiger partial charge >= 0.3 is 11.9 Å². The third-order valence-electron chi connectivity index (χ3n) is 3.32. The number of ether oxygens (including phenoxy) is 2. The maximum atomic E-state index is 11.9. The molecule has 1 rings (SSSR count). The van der Waals surface area contributed by atoms with E-state index < -0.39 is 23.4 Å². The van der Waals surface area contributed by atoms with Crippen LogP contribution < -0.4 is 0 Å². The van der Waals surface area contributed by atoms with Gasteiger partial charge in [0, 0.05) is 0 Å². The molecule has 0 aliphatic rings. The number of hydrogen-bond donors (Lipinski definition) is 2. The van der Waals surface area contributed by atoms with Crippen LogP contribution in [-0.2, 0) is 9.47 Å². The average molecular weight is 310 g/mol. The molecule has 1 aromatic rings. The summed E-state index contributed by atoms with van der Waals surface area (Å²) in [6.45, 7) is 7.13. The predicted octanol–water partition coefficient (Wildman–Crippen LogP) is 3.01. The minimum atomic E-state index is -0.760. The normalized spacial score (nSPS) is 13.3. The summed E-state index contributed by atoms with van der Waals surface area (Å²) in [6, 6.07) is 2.01. The fourth-order valence-electron chi connectivity index (χ4n) is 1.56. The van der Waals surface area contributed by atoms with Crippen molar-refractivity contribution in [3.63, 3.8) is 0 Å². The molecule has 0 saturated heterocycles. The van der Waals surface area contributed by atoms with Crippen LogP contribution in [-0.4, -0.2) is 34.4 Å². The van der Waals surface area contributed by atoms with Crippen molar-refractivity contribution in [1.29, 1.82) is 0 Å². The number of esters is 2. The summed E-state index contributed by atoms with van der Waals surface area (Å²) in [7, 11) is 0. The van der Waals surface area contributed by atoms with Gasteiger partial charge in [-0.05, 0) is 38.8 Å². The zero-order valence-corrected chi connectivity index (χ0v) is 13.3. The molecule has 6 nitrogen and oxygen atoms in total. The minimum absolute atomic E-state index is 0.196. The Hall–Kier alpha value is -2.24. The van der Waals surface area contributed by atoms with Gasteiger partial charge in [0.15, 0.2) is 0 Å². The van der Waals surface area contributed by atoms with E-state index in [1.54, 1.807) is 13.8 Å². The highest BCUT2D eigenvalue weighted by Crippen LogP contribution is 2.29. The maximum Gasteiger partial charge on any atom is 0.342 e. The van der Waals surface area contributed by atoms with Gasteiger partial charge in [0.1, 0.15) is 22.6 Å². The molecule has 0 amide bonds. The first-order valence-electron chi connectivity index (χ1n) is 7.28. The van der Waals surface area contributed by atoms with Crippen molar-refractivity contribution >= 4 is 11.9 Å². The van der Waals surface area contributed by atoms with E-state index in [0.717, 1.165) is 12.1 Å². The molecular formula is C16H22O6. The molecule has 0 spiro atoms. The largest absolute Gasteiger partial charge is 0.507 e. The number of phenols is 2. The summed E-state index contributed by atoms with van der Waals surface area (Å²) in [5.74, 6) is -2.41. The smallest absolute Gasteiger partial charge is 0.342 e. The number of aromatic hydroxyl groups is 2. The zero-order chi connectivity index (χ0) is 16.9. The van der Waals surface area contributed by atoms with Crippen molar-refractivity contribution in [1.82, 2.24) is 0 Å². The second kappa shape index (κ2) is 7.68. The molecular weight excluding hydrogens is 288 g/mol. The fourth-order valence-corrected chi connectivity index (χ4v) is 1.56. The van der Waals surface area contributed by atoms with E-state index in [0.29, 0.717) is 12.8 Å². The van der Waals surface area contributed by atoms with Gasteiger partial charge in [-0.2, -0.15) is 0 Å². The van der Waals surface area contributed by atoms with Gasteiger partial charge in [-0.3, -0.25) is 0 Å². The lowest BCUT2D eigenvalue weighted by molar-refractivity contribution is 0.0313. The third-order valence-corrected chi connectivity index (χ3v) is 3.32. The third kappa shape index (κ3) is 4.38. The maximum absolute atomic E-state index is 11.9. The van der Waals surface area contributed by atoms with Crippen LogP contribution in [0.4, 0.5) is 0 Å².